The van der Waals surface area contributed by atoms with Crippen LogP contribution in [0.15, 0.2) is 9.59 Å². The van der Waals surface area contributed by atoms with Crippen molar-refractivity contribution in [2.24, 2.45) is 11.3 Å². The van der Waals surface area contributed by atoms with Crippen LogP contribution in [0.1, 0.15) is 46.6 Å². The van der Waals surface area contributed by atoms with Gasteiger partial charge in [-0.05, 0) is 17.8 Å². The Morgan fingerprint density at radius 1 is 1.32 bits per heavy atom. The summed E-state index contributed by atoms with van der Waals surface area (Å²) >= 11 is 5.94. The Bertz CT molecular complexity index is 552. The molecule has 1 atom stereocenters. The zero-order valence-corrected chi connectivity index (χ0v) is 13.1. The minimum Gasteiger partial charge on any atom is -0.297 e. The van der Waals surface area contributed by atoms with Gasteiger partial charge in [-0.2, -0.15) is 0 Å². The van der Waals surface area contributed by atoms with Crippen molar-refractivity contribution in [2.45, 2.75) is 54.0 Å². The number of hydrogen-bond acceptors (Lipinski definition) is 2. The Hall–Kier alpha value is -1.03. The van der Waals surface area contributed by atoms with Gasteiger partial charge in [-0.3, -0.25) is 14.3 Å². The van der Waals surface area contributed by atoms with E-state index in [9.17, 15) is 9.59 Å². The van der Waals surface area contributed by atoms with Gasteiger partial charge >= 0.3 is 5.69 Å². The Morgan fingerprint density at radius 3 is 2.37 bits per heavy atom. The normalized spacial score (nSPS) is 13.6. The Balaban J connectivity index is 3.26. The number of rotatable bonds is 4. The first kappa shape index (κ1) is 16.0. The van der Waals surface area contributed by atoms with E-state index in [0.29, 0.717) is 18.5 Å². The molecule has 0 bridgehead atoms. The Kier molecular flexibility index (Phi) is 5.02. The van der Waals surface area contributed by atoms with E-state index in [1.54, 1.807) is 0 Å². The van der Waals surface area contributed by atoms with Gasteiger partial charge in [-0.25, -0.2) is 4.79 Å². The van der Waals surface area contributed by atoms with Crippen molar-refractivity contribution in [3.63, 3.8) is 0 Å². The molecule has 19 heavy (non-hydrogen) atoms. The maximum Gasteiger partial charge on any atom is 0.329 e. The van der Waals surface area contributed by atoms with Gasteiger partial charge in [0.05, 0.1) is 5.56 Å². The van der Waals surface area contributed by atoms with Gasteiger partial charge in [0.1, 0.15) is 5.15 Å². The van der Waals surface area contributed by atoms with Gasteiger partial charge in [-0.15, -0.1) is 0 Å². The SMILES string of the molecule is CCCc1c(Cl)[nH]c(=O)n(CC(C)C(C)(C)C)c1=O. The van der Waals surface area contributed by atoms with Crippen molar-refractivity contribution in [3.05, 3.63) is 31.6 Å². The predicted molar refractivity (Wildman–Crippen MR) is 78.9 cm³/mol. The van der Waals surface area contributed by atoms with Crippen LogP contribution in [0.4, 0.5) is 0 Å². The molecular formula is C14H23ClN2O2. The number of aromatic amines is 1. The minimum atomic E-state index is -0.425. The highest BCUT2D eigenvalue weighted by molar-refractivity contribution is 6.30. The summed E-state index contributed by atoms with van der Waals surface area (Å²) < 4.78 is 1.27. The summed E-state index contributed by atoms with van der Waals surface area (Å²) in [6, 6.07) is 0. The van der Waals surface area contributed by atoms with Crippen molar-refractivity contribution in [2.75, 3.05) is 0 Å². The highest BCUT2D eigenvalue weighted by Gasteiger charge is 2.22. The molecule has 0 fully saturated rings. The molecule has 1 rings (SSSR count). The molecule has 0 aliphatic rings. The lowest BCUT2D eigenvalue weighted by Crippen LogP contribution is -2.40. The maximum absolute atomic E-state index is 12.3. The zero-order valence-electron chi connectivity index (χ0n) is 12.3. The fourth-order valence-corrected chi connectivity index (χ4v) is 2.02. The van der Waals surface area contributed by atoms with Crippen molar-refractivity contribution >= 4 is 11.6 Å². The summed E-state index contributed by atoms with van der Waals surface area (Å²) in [6.45, 7) is 10.7. The molecule has 5 heteroatoms. The van der Waals surface area contributed by atoms with Crippen LogP contribution in [-0.2, 0) is 13.0 Å². The summed E-state index contributed by atoms with van der Waals surface area (Å²) in [6.07, 6.45) is 1.40. The van der Waals surface area contributed by atoms with Crippen molar-refractivity contribution in [3.8, 4) is 0 Å². The predicted octanol–water partition coefficient (Wildman–Crippen LogP) is 2.82. The number of H-pyrrole nitrogens is 1. The summed E-state index contributed by atoms with van der Waals surface area (Å²) in [5.74, 6) is 0.210. The molecule has 1 aromatic rings. The second-order valence-corrected chi connectivity index (χ2v) is 6.53. The third-order valence-corrected chi connectivity index (χ3v) is 3.99. The number of nitrogens with one attached hydrogen (secondary N) is 1. The van der Waals surface area contributed by atoms with Gasteiger partial charge in [0, 0.05) is 6.54 Å². The average Bonchev–Trinajstić information content (AvgIpc) is 2.28. The van der Waals surface area contributed by atoms with Gasteiger partial charge in [0.15, 0.2) is 0 Å². The van der Waals surface area contributed by atoms with Gasteiger partial charge in [0.2, 0.25) is 0 Å². The van der Waals surface area contributed by atoms with Crippen LogP contribution < -0.4 is 11.2 Å². The third kappa shape index (κ3) is 3.72. The molecule has 0 aliphatic carbocycles. The molecule has 0 radical (unpaired) electrons. The van der Waals surface area contributed by atoms with Crippen LogP contribution in [0.5, 0.6) is 0 Å². The van der Waals surface area contributed by atoms with Crippen LogP contribution in [0.2, 0.25) is 5.15 Å². The molecule has 1 aromatic heterocycles. The third-order valence-electron chi connectivity index (χ3n) is 3.66. The topological polar surface area (TPSA) is 54.9 Å². The van der Waals surface area contributed by atoms with E-state index in [0.717, 1.165) is 6.42 Å². The summed E-state index contributed by atoms with van der Waals surface area (Å²) in [5.41, 5.74) is -0.140. The lowest BCUT2D eigenvalue weighted by atomic mass is 9.82. The molecule has 0 saturated carbocycles. The molecule has 1 heterocycles. The van der Waals surface area contributed by atoms with E-state index < -0.39 is 5.69 Å². The van der Waals surface area contributed by atoms with Crippen LogP contribution in [0, 0.1) is 11.3 Å². The Labute approximate surface area is 118 Å². The van der Waals surface area contributed by atoms with E-state index in [-0.39, 0.29) is 22.0 Å². The monoisotopic (exact) mass is 286 g/mol. The van der Waals surface area contributed by atoms with Crippen LogP contribution in [0.3, 0.4) is 0 Å². The van der Waals surface area contributed by atoms with Crippen LogP contribution in [0.25, 0.3) is 0 Å². The molecule has 0 aliphatic heterocycles. The zero-order chi connectivity index (χ0) is 14.8. The van der Waals surface area contributed by atoms with E-state index >= 15 is 0 Å². The lowest BCUT2D eigenvalue weighted by molar-refractivity contribution is 0.227. The van der Waals surface area contributed by atoms with Gasteiger partial charge in [0.25, 0.3) is 5.56 Å². The first-order chi connectivity index (χ1) is 8.68. The van der Waals surface area contributed by atoms with Gasteiger partial charge < -0.3 is 0 Å². The van der Waals surface area contributed by atoms with E-state index in [4.69, 9.17) is 11.6 Å². The standard InChI is InChI=1S/C14H23ClN2O2/c1-6-7-10-11(15)16-13(19)17(12(10)18)8-9(2)14(3,4)5/h9H,6-8H2,1-5H3,(H,16,19). The highest BCUT2D eigenvalue weighted by atomic mass is 35.5. The Morgan fingerprint density at radius 2 is 1.89 bits per heavy atom. The smallest absolute Gasteiger partial charge is 0.297 e. The quantitative estimate of drug-likeness (QED) is 0.865. The number of halogens is 1. The molecule has 0 amide bonds. The molecule has 4 nitrogen and oxygen atoms in total. The maximum atomic E-state index is 12.3. The highest BCUT2D eigenvalue weighted by Crippen LogP contribution is 2.26. The van der Waals surface area contributed by atoms with E-state index in [1.165, 1.54) is 4.57 Å². The molecule has 108 valence electrons. The fraction of sp³-hybridized carbons (Fsp3) is 0.714. The van der Waals surface area contributed by atoms with E-state index in [2.05, 4.69) is 25.8 Å². The number of hydrogen-bond donors (Lipinski definition) is 1. The second-order valence-electron chi connectivity index (χ2n) is 6.16. The van der Waals surface area contributed by atoms with Crippen molar-refractivity contribution < 1.29 is 0 Å². The first-order valence-electron chi connectivity index (χ1n) is 6.70. The molecule has 0 aromatic carbocycles. The molecule has 0 spiro atoms. The second kappa shape index (κ2) is 5.95. The summed E-state index contributed by atoms with van der Waals surface area (Å²) in [4.78, 5) is 26.8. The summed E-state index contributed by atoms with van der Waals surface area (Å²) in [5, 5.41) is 0.177. The minimum absolute atomic E-state index is 0.0381. The van der Waals surface area contributed by atoms with Gasteiger partial charge in [-0.1, -0.05) is 52.6 Å². The molecular weight excluding hydrogens is 264 g/mol. The van der Waals surface area contributed by atoms with Crippen LogP contribution in [-0.4, -0.2) is 9.55 Å². The first-order valence-corrected chi connectivity index (χ1v) is 7.07. The summed E-state index contributed by atoms with van der Waals surface area (Å²) in [7, 11) is 0. The van der Waals surface area contributed by atoms with E-state index in [1.807, 2.05) is 13.8 Å². The number of nitrogens with zero attached hydrogens (tertiary/aromatic N) is 1. The fourth-order valence-electron chi connectivity index (χ4n) is 1.77. The number of aromatic nitrogens is 2. The molecule has 0 saturated heterocycles. The molecule has 1 N–H and O–H groups in total. The average molecular weight is 287 g/mol. The van der Waals surface area contributed by atoms with Crippen molar-refractivity contribution in [1.82, 2.24) is 9.55 Å². The van der Waals surface area contributed by atoms with Crippen LogP contribution >= 0.6 is 11.6 Å². The molecule has 1 unspecified atom stereocenters. The largest absolute Gasteiger partial charge is 0.329 e. The van der Waals surface area contributed by atoms with Crippen molar-refractivity contribution in [1.29, 1.82) is 0 Å². The lowest BCUT2D eigenvalue weighted by Gasteiger charge is -2.27.